The van der Waals surface area contributed by atoms with Crippen LogP contribution in [0.1, 0.15) is 42.9 Å². The number of hydrogen-bond donors (Lipinski definition) is 0. The first-order chi connectivity index (χ1) is 11.8. The molecule has 1 aliphatic heterocycles. The zero-order chi connectivity index (χ0) is 16.6. The molecule has 0 amide bonds. The molecular weight excluding hydrogens is 334 g/mol. The second-order valence-corrected chi connectivity index (χ2v) is 6.37. The third-order valence-corrected chi connectivity index (χ3v) is 4.62. The van der Waals surface area contributed by atoms with Crippen molar-refractivity contribution in [2.75, 3.05) is 13.1 Å². The second kappa shape index (κ2) is 10.2. The maximum Gasteiger partial charge on any atom is 0.308 e. The fourth-order valence-electron chi connectivity index (χ4n) is 3.32. The molecule has 1 unspecified atom stereocenters. The molecule has 0 bridgehead atoms. The van der Waals surface area contributed by atoms with Crippen molar-refractivity contribution < 1.29 is 9.53 Å². The van der Waals surface area contributed by atoms with E-state index in [-0.39, 0.29) is 24.4 Å². The SMILES string of the molecule is Cl.O=C(CC(c1ccccc1)N1CCCCC1)OCc1ccccc1. The summed E-state index contributed by atoms with van der Waals surface area (Å²) >= 11 is 0. The number of likely N-dealkylation sites (tertiary alicyclic amines) is 1. The quantitative estimate of drug-likeness (QED) is 0.696. The van der Waals surface area contributed by atoms with Gasteiger partial charge in [-0.05, 0) is 37.1 Å². The highest BCUT2D eigenvalue weighted by atomic mass is 35.5. The normalized spacial score (nSPS) is 15.8. The molecule has 4 heteroatoms. The summed E-state index contributed by atoms with van der Waals surface area (Å²) in [5.41, 5.74) is 2.23. The van der Waals surface area contributed by atoms with E-state index in [0.29, 0.717) is 13.0 Å². The Labute approximate surface area is 156 Å². The summed E-state index contributed by atoms with van der Waals surface area (Å²) in [5.74, 6) is -0.127. The van der Waals surface area contributed by atoms with Gasteiger partial charge in [-0.25, -0.2) is 0 Å². The summed E-state index contributed by atoms with van der Waals surface area (Å²) in [6, 6.07) is 20.3. The number of nitrogens with zero attached hydrogens (tertiary/aromatic N) is 1. The van der Waals surface area contributed by atoms with Gasteiger partial charge in [0.2, 0.25) is 0 Å². The van der Waals surface area contributed by atoms with E-state index in [1.807, 2.05) is 48.5 Å². The average molecular weight is 360 g/mol. The Morgan fingerprint density at radius 2 is 1.52 bits per heavy atom. The first-order valence-corrected chi connectivity index (χ1v) is 8.81. The molecule has 0 aromatic heterocycles. The van der Waals surface area contributed by atoms with Gasteiger partial charge < -0.3 is 4.74 Å². The van der Waals surface area contributed by atoms with Crippen molar-refractivity contribution in [3.63, 3.8) is 0 Å². The van der Waals surface area contributed by atoms with Crippen LogP contribution in [0.3, 0.4) is 0 Å². The Morgan fingerprint density at radius 1 is 0.920 bits per heavy atom. The molecule has 0 radical (unpaired) electrons. The highest BCUT2D eigenvalue weighted by molar-refractivity contribution is 5.85. The minimum absolute atomic E-state index is 0. The van der Waals surface area contributed by atoms with Gasteiger partial charge >= 0.3 is 5.97 Å². The van der Waals surface area contributed by atoms with Crippen LogP contribution in [0.4, 0.5) is 0 Å². The Balaban J connectivity index is 0.00000225. The standard InChI is InChI=1S/C21H25NO2.ClH/c23-21(24-17-18-10-4-1-5-11-18)16-20(19-12-6-2-7-13-19)22-14-8-3-9-15-22;/h1-2,4-7,10-13,20H,3,8-9,14-17H2;1H. The van der Waals surface area contributed by atoms with Gasteiger partial charge in [-0.15, -0.1) is 12.4 Å². The first-order valence-electron chi connectivity index (χ1n) is 8.81. The van der Waals surface area contributed by atoms with Crippen LogP contribution in [-0.4, -0.2) is 24.0 Å². The number of hydrogen-bond acceptors (Lipinski definition) is 3. The maximum absolute atomic E-state index is 12.4. The topological polar surface area (TPSA) is 29.5 Å². The molecule has 1 heterocycles. The number of piperidine rings is 1. The van der Waals surface area contributed by atoms with Gasteiger partial charge in [0, 0.05) is 6.04 Å². The molecule has 1 saturated heterocycles. The van der Waals surface area contributed by atoms with Crippen molar-refractivity contribution in [2.24, 2.45) is 0 Å². The minimum atomic E-state index is -0.127. The molecule has 2 aromatic carbocycles. The summed E-state index contributed by atoms with van der Waals surface area (Å²) in [6.45, 7) is 2.47. The van der Waals surface area contributed by atoms with Gasteiger partial charge in [-0.1, -0.05) is 67.1 Å². The molecule has 3 rings (SSSR count). The van der Waals surface area contributed by atoms with Gasteiger partial charge in [-0.2, -0.15) is 0 Å². The van der Waals surface area contributed by atoms with E-state index in [1.54, 1.807) is 0 Å². The minimum Gasteiger partial charge on any atom is -0.461 e. The van der Waals surface area contributed by atoms with Crippen LogP contribution in [0.2, 0.25) is 0 Å². The van der Waals surface area contributed by atoms with Gasteiger partial charge in [0.25, 0.3) is 0 Å². The van der Waals surface area contributed by atoms with Crippen LogP contribution in [0.5, 0.6) is 0 Å². The van der Waals surface area contributed by atoms with Crippen LogP contribution in [0.25, 0.3) is 0 Å². The first kappa shape index (κ1) is 19.5. The van der Waals surface area contributed by atoms with E-state index in [0.717, 1.165) is 18.7 Å². The third kappa shape index (κ3) is 5.87. The molecule has 1 atom stereocenters. The molecule has 1 aliphatic rings. The van der Waals surface area contributed by atoms with E-state index < -0.39 is 0 Å². The fraction of sp³-hybridized carbons (Fsp3) is 0.381. The lowest BCUT2D eigenvalue weighted by molar-refractivity contribution is -0.146. The van der Waals surface area contributed by atoms with Gasteiger partial charge in [-0.3, -0.25) is 9.69 Å². The molecule has 0 aliphatic carbocycles. The Bertz CT molecular complexity index is 627. The highest BCUT2D eigenvalue weighted by Crippen LogP contribution is 2.28. The molecule has 134 valence electrons. The molecular formula is C21H26ClNO2. The fourth-order valence-corrected chi connectivity index (χ4v) is 3.32. The summed E-state index contributed by atoms with van der Waals surface area (Å²) in [7, 11) is 0. The number of benzene rings is 2. The highest BCUT2D eigenvalue weighted by Gasteiger charge is 2.25. The number of esters is 1. The Hall–Kier alpha value is -1.84. The second-order valence-electron chi connectivity index (χ2n) is 6.37. The van der Waals surface area contributed by atoms with Gasteiger partial charge in [0.15, 0.2) is 0 Å². The van der Waals surface area contributed by atoms with Gasteiger partial charge in [0.05, 0.1) is 6.42 Å². The van der Waals surface area contributed by atoms with Crippen molar-refractivity contribution in [3.05, 3.63) is 71.8 Å². The lowest BCUT2D eigenvalue weighted by Crippen LogP contribution is -2.35. The summed E-state index contributed by atoms with van der Waals surface area (Å²) in [4.78, 5) is 14.8. The number of halogens is 1. The van der Waals surface area contributed by atoms with E-state index in [1.165, 1.54) is 24.8 Å². The van der Waals surface area contributed by atoms with Crippen LogP contribution < -0.4 is 0 Å². The van der Waals surface area contributed by atoms with Crippen molar-refractivity contribution in [1.29, 1.82) is 0 Å². The van der Waals surface area contributed by atoms with Crippen LogP contribution in [-0.2, 0) is 16.1 Å². The summed E-state index contributed by atoms with van der Waals surface area (Å²) in [5, 5.41) is 0. The summed E-state index contributed by atoms with van der Waals surface area (Å²) < 4.78 is 5.51. The van der Waals surface area contributed by atoms with E-state index >= 15 is 0 Å². The molecule has 3 nitrogen and oxygen atoms in total. The van der Waals surface area contributed by atoms with Gasteiger partial charge in [0.1, 0.15) is 6.61 Å². The monoisotopic (exact) mass is 359 g/mol. The lowest BCUT2D eigenvalue weighted by atomic mass is 9.99. The number of carbonyl (C=O) groups is 1. The predicted octanol–water partition coefficient (Wildman–Crippen LogP) is 4.77. The smallest absolute Gasteiger partial charge is 0.308 e. The molecule has 0 N–H and O–H groups in total. The average Bonchev–Trinajstić information content (AvgIpc) is 2.67. The Kier molecular flexibility index (Phi) is 7.96. The Morgan fingerprint density at radius 3 is 2.16 bits per heavy atom. The molecule has 1 fully saturated rings. The number of carbonyl (C=O) groups excluding carboxylic acids is 1. The molecule has 0 spiro atoms. The third-order valence-electron chi connectivity index (χ3n) is 4.62. The van der Waals surface area contributed by atoms with Crippen LogP contribution >= 0.6 is 12.4 Å². The van der Waals surface area contributed by atoms with Crippen LogP contribution in [0.15, 0.2) is 60.7 Å². The van der Waals surface area contributed by atoms with E-state index in [9.17, 15) is 4.79 Å². The molecule has 2 aromatic rings. The van der Waals surface area contributed by atoms with Crippen LogP contribution in [0, 0.1) is 0 Å². The zero-order valence-electron chi connectivity index (χ0n) is 14.5. The maximum atomic E-state index is 12.4. The predicted molar refractivity (Wildman–Crippen MR) is 103 cm³/mol. The zero-order valence-corrected chi connectivity index (χ0v) is 15.3. The van der Waals surface area contributed by atoms with E-state index in [2.05, 4.69) is 17.0 Å². The van der Waals surface area contributed by atoms with Crippen molar-refractivity contribution in [3.8, 4) is 0 Å². The lowest BCUT2D eigenvalue weighted by Gasteiger charge is -2.34. The number of ether oxygens (including phenoxy) is 1. The van der Waals surface area contributed by atoms with Crippen molar-refractivity contribution in [1.82, 2.24) is 4.90 Å². The van der Waals surface area contributed by atoms with Crippen molar-refractivity contribution >= 4 is 18.4 Å². The van der Waals surface area contributed by atoms with Crippen molar-refractivity contribution in [2.45, 2.75) is 38.3 Å². The number of rotatable bonds is 6. The van der Waals surface area contributed by atoms with E-state index in [4.69, 9.17) is 4.74 Å². The molecule has 0 saturated carbocycles. The molecule has 25 heavy (non-hydrogen) atoms. The summed E-state index contributed by atoms with van der Waals surface area (Å²) in [6.07, 6.45) is 4.12. The largest absolute Gasteiger partial charge is 0.461 e.